The number of rotatable bonds is 13. The molecule has 3 aromatic rings. The van der Waals surface area contributed by atoms with Crippen LogP contribution in [-0.4, -0.2) is 56.3 Å². The summed E-state index contributed by atoms with van der Waals surface area (Å²) >= 11 is 6.21. The smallest absolute Gasteiger partial charge is 0.273 e. The third-order valence-corrected chi connectivity index (χ3v) is 8.66. The molecule has 3 aromatic carbocycles. The molecule has 0 aromatic heterocycles. The highest BCUT2D eigenvalue weighted by Crippen LogP contribution is 2.36. The van der Waals surface area contributed by atoms with E-state index in [1.165, 1.54) is 69.5 Å². The number of nitro groups is 1. The van der Waals surface area contributed by atoms with Gasteiger partial charge in [-0.15, -0.1) is 0 Å². The van der Waals surface area contributed by atoms with E-state index in [0.717, 1.165) is 11.0 Å². The Morgan fingerprint density at radius 3 is 2.47 bits per heavy atom. The van der Waals surface area contributed by atoms with E-state index in [-0.39, 0.29) is 34.1 Å². The molecule has 1 N–H and O–H groups in total. The monoisotopic (exact) mass is 634 g/mol. The van der Waals surface area contributed by atoms with Crippen LogP contribution in [0, 0.1) is 22.9 Å². The molecule has 0 saturated carbocycles. The average molecular weight is 635 g/mol. The lowest BCUT2D eigenvalue weighted by Gasteiger charge is -2.32. The van der Waals surface area contributed by atoms with E-state index < -0.39 is 55.7 Å². The topological polar surface area (TPSA) is 139 Å². The molecule has 0 bridgehead atoms. The standard InChI is InChI=1S/C29H32ClFN4O7S/c1-5-14-32-29(37)20(3)33(17-21-8-6-7-9-24(21)31)28(36)18-34(26-15-22(30)11-13-27(26)42-4)43(40,41)23-12-10-19(2)25(16-23)35(38)39/h6-13,15-16,20H,5,14,17-18H2,1-4H3,(H,32,37)/t20-/m1/s1. The van der Waals surface area contributed by atoms with Crippen molar-refractivity contribution < 1.29 is 32.1 Å². The Labute approximate surface area is 254 Å². The second-order valence-electron chi connectivity index (χ2n) is 9.61. The van der Waals surface area contributed by atoms with Gasteiger partial charge in [0, 0.05) is 35.3 Å². The number of hydrogen-bond acceptors (Lipinski definition) is 7. The number of nitro benzene ring substituents is 1. The molecule has 0 fully saturated rings. The van der Waals surface area contributed by atoms with Gasteiger partial charge in [-0.3, -0.25) is 24.0 Å². The minimum Gasteiger partial charge on any atom is -0.495 e. The third kappa shape index (κ3) is 7.79. The fraction of sp³-hybridized carbons (Fsp3) is 0.310. The Morgan fingerprint density at radius 1 is 1.14 bits per heavy atom. The van der Waals surface area contributed by atoms with Gasteiger partial charge < -0.3 is 15.0 Å². The van der Waals surface area contributed by atoms with Crippen molar-refractivity contribution in [3.8, 4) is 5.75 Å². The molecule has 0 aliphatic rings. The summed E-state index contributed by atoms with van der Waals surface area (Å²) < 4.78 is 49.0. The Bertz CT molecular complexity index is 1620. The zero-order valence-electron chi connectivity index (χ0n) is 24.0. The Balaban J connectivity index is 2.16. The van der Waals surface area contributed by atoms with Crippen LogP contribution in [0.15, 0.2) is 65.6 Å². The Kier molecular flexibility index (Phi) is 11.1. The molecule has 0 aliphatic carbocycles. The molecule has 230 valence electrons. The number of sulfonamides is 1. The number of methoxy groups -OCH3 is 1. The van der Waals surface area contributed by atoms with E-state index in [1.807, 2.05) is 6.92 Å². The minimum absolute atomic E-state index is 0.0387. The first-order valence-electron chi connectivity index (χ1n) is 13.2. The van der Waals surface area contributed by atoms with Gasteiger partial charge in [0.1, 0.15) is 24.2 Å². The minimum atomic E-state index is -4.68. The molecule has 2 amide bonds. The van der Waals surface area contributed by atoms with Gasteiger partial charge in [0.2, 0.25) is 11.8 Å². The maximum absolute atomic E-state index is 14.7. The lowest BCUT2D eigenvalue weighted by Crippen LogP contribution is -2.51. The highest BCUT2D eigenvalue weighted by atomic mass is 35.5. The quantitative estimate of drug-likeness (QED) is 0.210. The first-order valence-corrected chi connectivity index (χ1v) is 15.1. The van der Waals surface area contributed by atoms with Crippen LogP contribution in [0.4, 0.5) is 15.8 Å². The second kappa shape index (κ2) is 14.3. The number of carbonyl (C=O) groups excluding carboxylic acids is 2. The fourth-order valence-electron chi connectivity index (χ4n) is 4.23. The number of hydrogen-bond donors (Lipinski definition) is 1. The molecule has 3 rings (SSSR count). The van der Waals surface area contributed by atoms with Crippen LogP contribution in [0.2, 0.25) is 5.02 Å². The zero-order chi connectivity index (χ0) is 31.9. The molecular weight excluding hydrogens is 603 g/mol. The molecule has 43 heavy (non-hydrogen) atoms. The average Bonchev–Trinajstić information content (AvgIpc) is 2.97. The van der Waals surface area contributed by atoms with E-state index in [0.29, 0.717) is 17.3 Å². The lowest BCUT2D eigenvalue weighted by molar-refractivity contribution is -0.385. The summed E-state index contributed by atoms with van der Waals surface area (Å²) in [5, 5.41) is 14.4. The number of nitrogens with zero attached hydrogens (tertiary/aromatic N) is 3. The van der Waals surface area contributed by atoms with Crippen LogP contribution >= 0.6 is 11.6 Å². The number of anilines is 1. The van der Waals surface area contributed by atoms with Gasteiger partial charge >= 0.3 is 0 Å². The van der Waals surface area contributed by atoms with Crippen molar-refractivity contribution in [1.82, 2.24) is 10.2 Å². The molecule has 1 atom stereocenters. The normalized spacial score (nSPS) is 11.9. The van der Waals surface area contributed by atoms with Crippen LogP contribution in [0.25, 0.3) is 0 Å². The summed E-state index contributed by atoms with van der Waals surface area (Å²) in [6.45, 7) is 3.87. The summed E-state index contributed by atoms with van der Waals surface area (Å²) in [6, 6.07) is 12.1. The van der Waals surface area contributed by atoms with Crippen LogP contribution in [-0.2, 0) is 26.2 Å². The zero-order valence-corrected chi connectivity index (χ0v) is 25.6. The van der Waals surface area contributed by atoms with Gasteiger partial charge in [-0.05, 0) is 50.6 Å². The van der Waals surface area contributed by atoms with E-state index in [4.69, 9.17) is 16.3 Å². The molecular formula is C29H32ClFN4O7S. The molecule has 0 heterocycles. The predicted molar refractivity (Wildman–Crippen MR) is 160 cm³/mol. The largest absolute Gasteiger partial charge is 0.495 e. The van der Waals surface area contributed by atoms with Crippen molar-refractivity contribution in [2.45, 2.75) is 44.7 Å². The van der Waals surface area contributed by atoms with Crippen molar-refractivity contribution in [2.24, 2.45) is 0 Å². The van der Waals surface area contributed by atoms with E-state index >= 15 is 0 Å². The van der Waals surface area contributed by atoms with Gasteiger partial charge in [-0.1, -0.05) is 42.8 Å². The lowest BCUT2D eigenvalue weighted by atomic mass is 10.1. The van der Waals surface area contributed by atoms with Crippen LogP contribution in [0.5, 0.6) is 5.75 Å². The Morgan fingerprint density at radius 2 is 1.84 bits per heavy atom. The van der Waals surface area contributed by atoms with Crippen molar-refractivity contribution in [2.75, 3.05) is 24.5 Å². The third-order valence-electron chi connectivity index (χ3n) is 6.67. The van der Waals surface area contributed by atoms with Crippen LogP contribution in [0.1, 0.15) is 31.4 Å². The van der Waals surface area contributed by atoms with Gasteiger partial charge in [0.25, 0.3) is 15.7 Å². The summed E-state index contributed by atoms with van der Waals surface area (Å²) in [5.41, 5.74) is -0.224. The number of nitrogens with one attached hydrogen (secondary N) is 1. The number of halogens is 2. The maximum Gasteiger partial charge on any atom is 0.273 e. The number of amides is 2. The van der Waals surface area contributed by atoms with Gasteiger partial charge in [0.05, 0.1) is 22.6 Å². The number of aryl methyl sites for hydroxylation is 1. The van der Waals surface area contributed by atoms with Gasteiger partial charge in [-0.2, -0.15) is 0 Å². The highest BCUT2D eigenvalue weighted by molar-refractivity contribution is 7.92. The van der Waals surface area contributed by atoms with Gasteiger partial charge in [0.15, 0.2) is 0 Å². The number of ether oxygens (including phenoxy) is 1. The first-order chi connectivity index (χ1) is 20.3. The molecule has 0 unspecified atom stereocenters. The first kappa shape index (κ1) is 33.3. The summed E-state index contributed by atoms with van der Waals surface area (Å²) in [5.74, 6) is -1.95. The molecule has 0 saturated heterocycles. The number of benzene rings is 3. The van der Waals surface area contributed by atoms with E-state index in [1.54, 1.807) is 6.07 Å². The number of carbonyl (C=O) groups is 2. The predicted octanol–water partition coefficient (Wildman–Crippen LogP) is 4.84. The van der Waals surface area contributed by atoms with E-state index in [2.05, 4.69) is 5.32 Å². The fourth-order valence-corrected chi connectivity index (χ4v) is 5.84. The SMILES string of the molecule is CCCNC(=O)[C@@H](C)N(Cc1ccccc1F)C(=O)CN(c1cc(Cl)ccc1OC)S(=O)(=O)c1ccc(C)c([N+](=O)[O-])c1. The van der Waals surface area contributed by atoms with Crippen LogP contribution in [0.3, 0.4) is 0 Å². The van der Waals surface area contributed by atoms with E-state index in [9.17, 15) is 32.5 Å². The maximum atomic E-state index is 14.7. The van der Waals surface area contributed by atoms with Crippen molar-refractivity contribution >= 4 is 44.8 Å². The van der Waals surface area contributed by atoms with Crippen molar-refractivity contribution in [1.29, 1.82) is 0 Å². The molecule has 11 nitrogen and oxygen atoms in total. The summed E-state index contributed by atoms with van der Waals surface area (Å²) in [6.07, 6.45) is 0.628. The second-order valence-corrected chi connectivity index (χ2v) is 11.9. The summed E-state index contributed by atoms with van der Waals surface area (Å²) in [7, 11) is -3.39. The Hall–Kier alpha value is -4.23. The highest BCUT2D eigenvalue weighted by Gasteiger charge is 2.35. The van der Waals surface area contributed by atoms with Crippen molar-refractivity contribution in [3.63, 3.8) is 0 Å². The van der Waals surface area contributed by atoms with Gasteiger partial charge in [-0.25, -0.2) is 12.8 Å². The summed E-state index contributed by atoms with van der Waals surface area (Å²) in [4.78, 5) is 38.4. The van der Waals surface area contributed by atoms with Crippen molar-refractivity contribution in [3.05, 3.63) is 92.7 Å². The van der Waals surface area contributed by atoms with Crippen LogP contribution < -0.4 is 14.4 Å². The molecule has 14 heteroatoms. The molecule has 0 spiro atoms. The molecule has 0 aliphatic heterocycles. The molecule has 0 radical (unpaired) electrons.